The first-order valence-corrected chi connectivity index (χ1v) is 10.4. The second-order valence-corrected chi connectivity index (χ2v) is 8.03. The molecule has 2 fully saturated rings. The third-order valence-corrected chi connectivity index (χ3v) is 6.32. The molecule has 4 atom stereocenters. The molecule has 1 aromatic heterocycles. The molecule has 4 unspecified atom stereocenters. The Morgan fingerprint density at radius 3 is 2.40 bits per heavy atom. The fraction of sp³-hybridized carbons (Fsp3) is 0.650. The summed E-state index contributed by atoms with van der Waals surface area (Å²) < 4.78 is 1.91. The second-order valence-electron chi connectivity index (χ2n) is 8.03. The number of aryl methyl sites for hydroxylation is 1. The van der Waals surface area contributed by atoms with E-state index in [1.165, 1.54) is 4.90 Å². The van der Waals surface area contributed by atoms with Gasteiger partial charge in [-0.15, -0.1) is 34.2 Å². The molecule has 30 heavy (non-hydrogen) atoms. The number of fused-ring (bicyclic) bond motifs is 5. The molecular formula is C20H30IN7O2. The van der Waals surface area contributed by atoms with Crippen LogP contribution in [0.15, 0.2) is 17.1 Å². The smallest absolute Gasteiger partial charge is 0.233 e. The van der Waals surface area contributed by atoms with Crippen LogP contribution in [0.2, 0.25) is 0 Å². The van der Waals surface area contributed by atoms with Gasteiger partial charge in [-0.1, -0.05) is 12.2 Å². The van der Waals surface area contributed by atoms with Crippen molar-refractivity contribution in [2.24, 2.45) is 35.7 Å². The highest BCUT2D eigenvalue weighted by molar-refractivity contribution is 14.0. The number of nitrogens with one attached hydrogen (secondary N) is 2. The van der Waals surface area contributed by atoms with E-state index in [2.05, 4.69) is 38.0 Å². The van der Waals surface area contributed by atoms with Crippen LogP contribution < -0.4 is 10.6 Å². The molecule has 1 aliphatic heterocycles. The summed E-state index contributed by atoms with van der Waals surface area (Å²) in [4.78, 5) is 31.5. The van der Waals surface area contributed by atoms with Crippen molar-refractivity contribution in [3.05, 3.63) is 23.8 Å². The zero-order valence-corrected chi connectivity index (χ0v) is 20.0. The van der Waals surface area contributed by atoms with Gasteiger partial charge in [0.15, 0.2) is 11.8 Å². The van der Waals surface area contributed by atoms with Crippen molar-refractivity contribution in [1.29, 1.82) is 0 Å². The molecule has 1 saturated carbocycles. The van der Waals surface area contributed by atoms with Gasteiger partial charge in [0.05, 0.1) is 11.8 Å². The number of likely N-dealkylation sites (tertiary alicyclic amines) is 1. The lowest BCUT2D eigenvalue weighted by Gasteiger charge is -2.18. The third kappa shape index (κ3) is 4.10. The Balaban J connectivity index is 0.00000256. The zero-order chi connectivity index (χ0) is 20.5. The maximum atomic E-state index is 12.7. The monoisotopic (exact) mass is 527 g/mol. The number of imide groups is 1. The van der Waals surface area contributed by atoms with Gasteiger partial charge in [0.1, 0.15) is 12.4 Å². The molecular weight excluding hydrogens is 497 g/mol. The molecule has 164 valence electrons. The van der Waals surface area contributed by atoms with Gasteiger partial charge in [-0.25, -0.2) is 4.99 Å². The van der Waals surface area contributed by atoms with Crippen molar-refractivity contribution >= 4 is 41.8 Å². The van der Waals surface area contributed by atoms with Crippen molar-refractivity contribution in [3.8, 4) is 0 Å². The molecule has 2 N–H and O–H groups in total. The molecule has 2 bridgehead atoms. The summed E-state index contributed by atoms with van der Waals surface area (Å²) in [5, 5.41) is 14.6. The minimum Gasteiger partial charge on any atom is -0.357 e. The average molecular weight is 527 g/mol. The lowest BCUT2D eigenvalue weighted by Crippen LogP contribution is -2.40. The van der Waals surface area contributed by atoms with Crippen LogP contribution in [0.4, 0.5) is 0 Å². The van der Waals surface area contributed by atoms with Crippen LogP contribution in [-0.4, -0.2) is 57.1 Å². The minimum absolute atomic E-state index is 0. The van der Waals surface area contributed by atoms with Crippen LogP contribution in [0.1, 0.15) is 31.4 Å². The van der Waals surface area contributed by atoms with Gasteiger partial charge in [-0.05, 0) is 38.5 Å². The number of allylic oxidation sites excluding steroid dienone is 2. The van der Waals surface area contributed by atoms with Crippen molar-refractivity contribution in [2.45, 2.75) is 33.2 Å². The van der Waals surface area contributed by atoms with E-state index >= 15 is 0 Å². The van der Waals surface area contributed by atoms with E-state index in [1.807, 2.05) is 25.5 Å². The normalized spacial score (nSPS) is 26.9. The molecule has 2 aliphatic carbocycles. The number of carbonyl (C=O) groups is 2. The standard InChI is InChI=1S/C20H29N7O2.HI/c1-4-21-20(23-11-15-25-24-12(2)26(15)3)22-8-5-9-27-18(28)16-13-6-7-14(10-13)17(16)19(27)29;/h6-7,13-14,16-17H,4-5,8-11H2,1-3H3,(H2,21,22,23);1H. The van der Waals surface area contributed by atoms with Gasteiger partial charge in [0, 0.05) is 26.7 Å². The van der Waals surface area contributed by atoms with Crippen LogP contribution in [0, 0.1) is 30.6 Å². The number of guanidine groups is 1. The molecule has 0 radical (unpaired) electrons. The molecule has 4 rings (SSSR count). The van der Waals surface area contributed by atoms with Crippen molar-refractivity contribution in [3.63, 3.8) is 0 Å². The van der Waals surface area contributed by atoms with E-state index in [0.29, 0.717) is 32.0 Å². The van der Waals surface area contributed by atoms with Crippen LogP contribution in [0.3, 0.4) is 0 Å². The molecule has 0 spiro atoms. The Morgan fingerprint density at radius 1 is 1.17 bits per heavy atom. The Kier molecular flexibility index (Phi) is 7.14. The zero-order valence-electron chi connectivity index (χ0n) is 17.7. The van der Waals surface area contributed by atoms with Crippen molar-refractivity contribution < 1.29 is 9.59 Å². The number of aliphatic imine (C=N–C) groups is 1. The predicted octanol–water partition coefficient (Wildman–Crippen LogP) is 0.994. The number of halogens is 1. The van der Waals surface area contributed by atoms with Crippen LogP contribution >= 0.6 is 24.0 Å². The maximum Gasteiger partial charge on any atom is 0.233 e. The first kappa shape index (κ1) is 22.7. The predicted molar refractivity (Wildman–Crippen MR) is 123 cm³/mol. The molecule has 2 heterocycles. The number of nitrogens with zero attached hydrogens (tertiary/aromatic N) is 5. The third-order valence-electron chi connectivity index (χ3n) is 6.32. The van der Waals surface area contributed by atoms with Gasteiger partial charge in [-0.2, -0.15) is 0 Å². The lowest BCUT2D eigenvalue weighted by atomic mass is 9.85. The Bertz CT molecular complexity index is 835. The van der Waals surface area contributed by atoms with E-state index < -0.39 is 0 Å². The maximum absolute atomic E-state index is 12.7. The van der Waals surface area contributed by atoms with Gasteiger partial charge in [0.25, 0.3) is 0 Å². The Morgan fingerprint density at radius 2 is 1.83 bits per heavy atom. The quantitative estimate of drug-likeness (QED) is 0.137. The molecule has 3 aliphatic rings. The summed E-state index contributed by atoms with van der Waals surface area (Å²) in [6.07, 6.45) is 5.91. The highest BCUT2D eigenvalue weighted by Gasteiger charge is 2.58. The Labute approximate surface area is 193 Å². The fourth-order valence-electron chi connectivity index (χ4n) is 4.71. The molecule has 9 nitrogen and oxygen atoms in total. The molecule has 0 aromatic carbocycles. The van der Waals surface area contributed by atoms with Crippen molar-refractivity contribution in [2.75, 3.05) is 19.6 Å². The van der Waals surface area contributed by atoms with Gasteiger partial charge >= 0.3 is 0 Å². The summed E-state index contributed by atoms with van der Waals surface area (Å²) in [6, 6.07) is 0. The van der Waals surface area contributed by atoms with Gasteiger partial charge in [-0.3, -0.25) is 14.5 Å². The first-order chi connectivity index (χ1) is 14.0. The number of carbonyl (C=O) groups excluding carboxylic acids is 2. The summed E-state index contributed by atoms with van der Waals surface area (Å²) in [5.74, 6) is 2.68. The summed E-state index contributed by atoms with van der Waals surface area (Å²) >= 11 is 0. The largest absolute Gasteiger partial charge is 0.357 e. The van der Waals surface area contributed by atoms with Crippen molar-refractivity contribution in [1.82, 2.24) is 30.3 Å². The lowest BCUT2D eigenvalue weighted by molar-refractivity contribution is -0.140. The molecule has 2 amide bonds. The molecule has 1 saturated heterocycles. The van der Waals surface area contributed by atoms with E-state index in [0.717, 1.165) is 24.6 Å². The highest BCUT2D eigenvalue weighted by Crippen LogP contribution is 2.52. The molecule has 1 aromatic rings. The Hall–Kier alpha value is -1.98. The van der Waals surface area contributed by atoms with Crippen LogP contribution in [0.5, 0.6) is 0 Å². The van der Waals surface area contributed by atoms with Gasteiger partial charge in [0.2, 0.25) is 11.8 Å². The topological polar surface area (TPSA) is 105 Å². The van der Waals surface area contributed by atoms with E-state index in [4.69, 9.17) is 0 Å². The van der Waals surface area contributed by atoms with Crippen LogP contribution in [-0.2, 0) is 23.2 Å². The number of rotatable bonds is 7. The number of hydrogen-bond acceptors (Lipinski definition) is 5. The molecule has 10 heteroatoms. The van der Waals surface area contributed by atoms with E-state index in [-0.39, 0.29) is 59.5 Å². The summed E-state index contributed by atoms with van der Waals surface area (Å²) in [7, 11) is 1.92. The van der Waals surface area contributed by atoms with Gasteiger partial charge < -0.3 is 15.2 Å². The fourth-order valence-corrected chi connectivity index (χ4v) is 4.71. The first-order valence-electron chi connectivity index (χ1n) is 10.4. The van der Waals surface area contributed by atoms with E-state index in [1.54, 1.807) is 0 Å². The number of aromatic nitrogens is 3. The van der Waals surface area contributed by atoms with E-state index in [9.17, 15) is 9.59 Å². The average Bonchev–Trinajstić information content (AvgIpc) is 3.45. The SMILES string of the molecule is CCNC(=NCc1nnc(C)n1C)NCCCN1C(=O)C2C3C=CC(C3)C2C1=O.I. The number of amides is 2. The number of hydrogen-bond donors (Lipinski definition) is 2. The highest BCUT2D eigenvalue weighted by atomic mass is 127. The van der Waals surface area contributed by atoms with Crippen LogP contribution in [0.25, 0.3) is 0 Å². The second kappa shape index (κ2) is 9.44. The summed E-state index contributed by atoms with van der Waals surface area (Å²) in [6.45, 7) is 6.16. The summed E-state index contributed by atoms with van der Waals surface area (Å²) in [5.41, 5.74) is 0. The minimum atomic E-state index is -0.112.